The van der Waals surface area contributed by atoms with Gasteiger partial charge in [-0.15, -0.1) is 0 Å². The molecular weight excluding hydrogens is 749 g/mol. The van der Waals surface area contributed by atoms with Crippen LogP contribution in [-0.4, -0.2) is 6.71 Å². The predicted octanol–water partition coefficient (Wildman–Crippen LogP) is 13.7. The van der Waals surface area contributed by atoms with Crippen LogP contribution in [0.2, 0.25) is 0 Å². The first kappa shape index (κ1) is 36.3. The lowest BCUT2D eigenvalue weighted by atomic mass is 9.35. The topological polar surface area (TPSA) is 12.5 Å². The molecule has 0 aromatic heterocycles. The third-order valence-corrected chi connectivity index (χ3v) is 13.4. The Kier molecular flexibility index (Phi) is 8.33. The van der Waals surface area contributed by atoms with Crippen LogP contribution >= 0.6 is 0 Å². The van der Waals surface area contributed by atoms with Crippen LogP contribution in [0.5, 0.6) is 11.5 Å². The summed E-state index contributed by atoms with van der Waals surface area (Å²) in [6.07, 6.45) is 0. The summed E-state index contributed by atoms with van der Waals surface area (Å²) in [5, 5.41) is 4.87. The second-order valence-electron chi connectivity index (χ2n) is 17.2. The molecule has 1 aliphatic carbocycles. The minimum Gasteiger partial charge on any atom is -0.456 e. The van der Waals surface area contributed by atoms with Crippen molar-refractivity contribution in [2.24, 2.45) is 0 Å². The molecule has 3 heteroatoms. The van der Waals surface area contributed by atoms with E-state index in [0.717, 1.165) is 45.1 Å². The fourth-order valence-electron chi connectivity index (χ4n) is 10.5. The van der Waals surface area contributed by atoms with Crippen LogP contribution < -0.4 is 26.0 Å². The highest BCUT2D eigenvalue weighted by Gasteiger charge is 2.36. The zero-order valence-corrected chi connectivity index (χ0v) is 34.7. The van der Waals surface area contributed by atoms with Crippen molar-refractivity contribution in [2.75, 3.05) is 4.90 Å². The number of rotatable bonds is 7. The van der Waals surface area contributed by atoms with Gasteiger partial charge in [-0.05, 0) is 85.9 Å². The molecule has 0 spiro atoms. The molecule has 0 bridgehead atoms. The van der Waals surface area contributed by atoms with E-state index in [-0.39, 0.29) is 12.1 Å². The van der Waals surface area contributed by atoms with Crippen LogP contribution in [0.15, 0.2) is 218 Å². The smallest absolute Gasteiger partial charge is 0.242 e. The standard InChI is InChI=1S/C59H42BNO/c1-59(2)51-27-13-11-25-46(51)47-33-31-42(37-52(47)59)61(55-29-14-12-24-45(55)40-17-5-3-6-18-40)43-32-34-48-49-35-36-54(50-26-16-30-56(58(49)50)62-57(48)38-43)60(41-21-7-4-8-22-41)53-28-15-20-39-19-9-10-23-44(39)53/h3-38H,1-2H3. The maximum Gasteiger partial charge on any atom is 0.242 e. The summed E-state index contributed by atoms with van der Waals surface area (Å²) >= 11 is 0. The molecule has 0 N–H and O–H groups in total. The van der Waals surface area contributed by atoms with Gasteiger partial charge >= 0.3 is 0 Å². The molecule has 0 amide bonds. The Morgan fingerprint density at radius 1 is 0.419 bits per heavy atom. The van der Waals surface area contributed by atoms with Gasteiger partial charge < -0.3 is 9.64 Å². The van der Waals surface area contributed by atoms with Gasteiger partial charge in [0.05, 0.1) is 5.69 Å². The Hall–Kier alpha value is -7.62. The van der Waals surface area contributed by atoms with Gasteiger partial charge in [0, 0.05) is 39.4 Å². The molecule has 0 radical (unpaired) electrons. The first-order valence-electron chi connectivity index (χ1n) is 21.6. The maximum absolute atomic E-state index is 7.07. The molecule has 2 nitrogen and oxygen atoms in total. The minimum atomic E-state index is -0.139. The van der Waals surface area contributed by atoms with Gasteiger partial charge in [0.1, 0.15) is 11.5 Å². The van der Waals surface area contributed by atoms with E-state index >= 15 is 0 Å². The zero-order valence-electron chi connectivity index (χ0n) is 34.7. The van der Waals surface area contributed by atoms with Crippen LogP contribution in [0.3, 0.4) is 0 Å². The number of para-hydroxylation sites is 1. The van der Waals surface area contributed by atoms with E-state index in [9.17, 15) is 0 Å². The van der Waals surface area contributed by atoms with Crippen LogP contribution in [0.25, 0.3) is 54.9 Å². The molecule has 62 heavy (non-hydrogen) atoms. The van der Waals surface area contributed by atoms with Crippen molar-refractivity contribution in [1.29, 1.82) is 0 Å². The van der Waals surface area contributed by atoms with E-state index in [2.05, 4.69) is 237 Å². The van der Waals surface area contributed by atoms with Crippen LogP contribution in [-0.2, 0) is 5.41 Å². The van der Waals surface area contributed by atoms with Gasteiger partial charge in [-0.25, -0.2) is 0 Å². The molecule has 0 atom stereocenters. The van der Waals surface area contributed by atoms with Gasteiger partial charge in [-0.2, -0.15) is 0 Å². The highest BCUT2D eigenvalue weighted by atomic mass is 16.5. The average molecular weight is 792 g/mol. The summed E-state index contributed by atoms with van der Waals surface area (Å²) in [7, 11) is 0. The van der Waals surface area contributed by atoms with E-state index < -0.39 is 0 Å². The highest BCUT2D eigenvalue weighted by molar-refractivity contribution is 6.98. The average Bonchev–Trinajstić information content (AvgIpc) is 3.55. The fourth-order valence-corrected chi connectivity index (χ4v) is 10.5. The molecule has 0 saturated heterocycles. The first-order valence-corrected chi connectivity index (χ1v) is 21.6. The minimum absolute atomic E-state index is 0.0266. The molecule has 12 rings (SSSR count). The number of anilines is 3. The third kappa shape index (κ3) is 5.66. The van der Waals surface area contributed by atoms with Crippen molar-refractivity contribution in [3.05, 3.63) is 230 Å². The van der Waals surface area contributed by atoms with E-state index in [0.29, 0.717) is 0 Å². The van der Waals surface area contributed by atoms with Crippen molar-refractivity contribution in [1.82, 2.24) is 0 Å². The number of fused-ring (bicyclic) bond motifs is 6. The summed E-state index contributed by atoms with van der Waals surface area (Å²) in [5.41, 5.74) is 16.9. The summed E-state index contributed by atoms with van der Waals surface area (Å²) in [5.74, 6) is 1.72. The van der Waals surface area contributed by atoms with Crippen molar-refractivity contribution < 1.29 is 4.74 Å². The molecule has 0 saturated carbocycles. The van der Waals surface area contributed by atoms with Gasteiger partial charge in [0.2, 0.25) is 6.71 Å². The Morgan fingerprint density at radius 2 is 1.03 bits per heavy atom. The normalized spacial score (nSPS) is 12.9. The molecular formula is C59H42BNO. The summed E-state index contributed by atoms with van der Waals surface area (Å²) in [6.45, 7) is 4.73. The highest BCUT2D eigenvalue weighted by Crippen LogP contribution is 2.53. The third-order valence-electron chi connectivity index (χ3n) is 13.4. The van der Waals surface area contributed by atoms with Crippen molar-refractivity contribution >= 4 is 61.7 Å². The predicted molar refractivity (Wildman–Crippen MR) is 262 cm³/mol. The number of nitrogens with zero attached hydrogens (tertiary/aromatic N) is 1. The summed E-state index contributed by atoms with van der Waals surface area (Å²) in [4.78, 5) is 2.42. The van der Waals surface area contributed by atoms with Gasteiger partial charge in [0.25, 0.3) is 0 Å². The van der Waals surface area contributed by atoms with Crippen LogP contribution in [0.1, 0.15) is 25.0 Å². The van der Waals surface area contributed by atoms with E-state index in [4.69, 9.17) is 4.74 Å². The van der Waals surface area contributed by atoms with Gasteiger partial charge in [-0.1, -0.05) is 206 Å². The van der Waals surface area contributed by atoms with Crippen LogP contribution in [0.4, 0.5) is 17.1 Å². The molecule has 292 valence electrons. The SMILES string of the molecule is CC1(C)c2ccccc2-c2ccc(N(c3ccc4c(c3)Oc3cccc5c(B(c6ccccc6)c6cccc7ccccc67)ccc-4c35)c3ccccc3-c3ccccc3)cc21. The fraction of sp³-hybridized carbons (Fsp3) is 0.0508. The Morgan fingerprint density at radius 3 is 1.89 bits per heavy atom. The number of ether oxygens (including phenoxy) is 1. The van der Waals surface area contributed by atoms with Crippen molar-refractivity contribution in [2.45, 2.75) is 19.3 Å². The first-order chi connectivity index (χ1) is 30.5. The number of hydrogen-bond donors (Lipinski definition) is 0. The van der Waals surface area contributed by atoms with Gasteiger partial charge in [0.15, 0.2) is 0 Å². The van der Waals surface area contributed by atoms with E-state index in [1.807, 2.05) is 0 Å². The number of benzene rings is 10. The largest absolute Gasteiger partial charge is 0.456 e. The molecule has 10 aromatic rings. The summed E-state index contributed by atoms with van der Waals surface area (Å²) < 4.78 is 7.07. The Bertz CT molecular complexity index is 3370. The quantitative estimate of drug-likeness (QED) is 0.149. The number of hydrogen-bond acceptors (Lipinski definition) is 2. The van der Waals surface area contributed by atoms with Crippen molar-refractivity contribution in [3.63, 3.8) is 0 Å². The zero-order chi connectivity index (χ0) is 41.4. The summed E-state index contributed by atoms with van der Waals surface area (Å²) in [6, 6.07) is 79.7. The van der Waals surface area contributed by atoms with E-state index in [1.54, 1.807) is 0 Å². The molecule has 2 aliphatic rings. The second-order valence-corrected chi connectivity index (χ2v) is 17.2. The molecule has 0 fully saturated rings. The lowest BCUT2D eigenvalue weighted by molar-refractivity contribution is 0.487. The van der Waals surface area contributed by atoms with Crippen molar-refractivity contribution in [3.8, 4) is 44.9 Å². The van der Waals surface area contributed by atoms with E-state index in [1.165, 1.54) is 65.9 Å². The Balaban J connectivity index is 1.03. The molecule has 1 heterocycles. The van der Waals surface area contributed by atoms with Crippen LogP contribution in [0, 0.1) is 0 Å². The molecule has 0 unspecified atom stereocenters. The maximum atomic E-state index is 7.07. The molecule has 1 aliphatic heterocycles. The molecule has 10 aromatic carbocycles. The lowest BCUT2D eigenvalue weighted by Gasteiger charge is -2.31. The Labute approximate surface area is 363 Å². The van der Waals surface area contributed by atoms with Gasteiger partial charge in [-0.3, -0.25) is 0 Å². The lowest BCUT2D eigenvalue weighted by Crippen LogP contribution is -2.52. The monoisotopic (exact) mass is 791 g/mol. The second kappa shape index (κ2) is 14.3.